The fourth-order valence-electron chi connectivity index (χ4n) is 4.29. The summed E-state index contributed by atoms with van der Waals surface area (Å²) in [6.07, 6.45) is 3.55. The zero-order chi connectivity index (χ0) is 18.3. The van der Waals surface area contributed by atoms with Crippen LogP contribution >= 0.6 is 0 Å². The molecule has 2 atom stereocenters. The molecule has 0 aliphatic carbocycles. The lowest BCUT2D eigenvalue weighted by Gasteiger charge is -2.26. The smallest absolute Gasteiger partial charge is 0.253 e. The molecule has 136 valence electrons. The van der Waals surface area contributed by atoms with Gasteiger partial charge in [-0.2, -0.15) is 0 Å². The minimum absolute atomic E-state index is 0.138. The third-order valence-electron chi connectivity index (χ3n) is 5.81. The number of hydrogen-bond donors (Lipinski definition) is 0. The molecule has 2 fully saturated rings. The van der Waals surface area contributed by atoms with Gasteiger partial charge >= 0.3 is 0 Å². The van der Waals surface area contributed by atoms with Crippen LogP contribution in [0.15, 0.2) is 30.3 Å². The number of aryl methyl sites for hydroxylation is 2. The highest BCUT2D eigenvalue weighted by molar-refractivity contribution is 5.94. The number of amides is 1. The van der Waals surface area contributed by atoms with Gasteiger partial charge in [0.15, 0.2) is 5.82 Å². The summed E-state index contributed by atoms with van der Waals surface area (Å²) >= 11 is 0. The molecule has 1 amide bonds. The first-order valence-corrected chi connectivity index (χ1v) is 9.45. The molecule has 0 radical (unpaired) electrons. The van der Waals surface area contributed by atoms with Crippen LogP contribution in [0.5, 0.6) is 0 Å². The average Bonchev–Trinajstić information content (AvgIpc) is 2.86. The molecular weight excluding hydrogens is 324 g/mol. The average molecular weight is 350 g/mol. The first kappa shape index (κ1) is 17.2. The number of likely N-dealkylation sites (tertiary alicyclic amines) is 1. The minimum atomic E-state index is 0.138. The second-order valence-corrected chi connectivity index (χ2v) is 7.64. The van der Waals surface area contributed by atoms with Crippen LogP contribution in [0.3, 0.4) is 0 Å². The number of hydrogen-bond acceptors (Lipinski definition) is 4. The van der Waals surface area contributed by atoms with Crippen molar-refractivity contribution < 1.29 is 4.79 Å². The van der Waals surface area contributed by atoms with Crippen molar-refractivity contribution in [3.63, 3.8) is 0 Å². The van der Waals surface area contributed by atoms with Gasteiger partial charge in [0, 0.05) is 47.7 Å². The quantitative estimate of drug-likeness (QED) is 0.835. The van der Waals surface area contributed by atoms with Crippen molar-refractivity contribution in [1.82, 2.24) is 19.8 Å². The number of benzene rings is 1. The molecule has 0 unspecified atom stereocenters. The molecular formula is C21H26N4O. The van der Waals surface area contributed by atoms with Gasteiger partial charge in [0.2, 0.25) is 0 Å². The monoisotopic (exact) mass is 350 g/mol. The van der Waals surface area contributed by atoms with Gasteiger partial charge < -0.3 is 4.90 Å². The standard InChI is InChI=1S/C21H26N4O/c1-14-12-15(2)23-20(22-14)16-4-6-17(7-5-16)21(26)25-11-10-18-8-9-19(13-25)24(18)3/h4-7,12,18-19H,8-11,13H2,1-3H3/t18-,19+/m1/s1. The normalized spacial score (nSPS) is 23.1. The third-order valence-corrected chi connectivity index (χ3v) is 5.81. The second kappa shape index (κ2) is 6.80. The van der Waals surface area contributed by atoms with Crippen LogP contribution in [-0.2, 0) is 0 Å². The third kappa shape index (κ3) is 3.23. The molecule has 0 saturated carbocycles. The maximum Gasteiger partial charge on any atom is 0.253 e. The van der Waals surface area contributed by atoms with Crippen LogP contribution in [-0.4, -0.2) is 57.9 Å². The largest absolute Gasteiger partial charge is 0.337 e. The summed E-state index contributed by atoms with van der Waals surface area (Å²) in [4.78, 5) is 26.5. The number of rotatable bonds is 2. The highest BCUT2D eigenvalue weighted by Crippen LogP contribution is 2.29. The van der Waals surface area contributed by atoms with Gasteiger partial charge in [-0.15, -0.1) is 0 Å². The number of nitrogens with zero attached hydrogens (tertiary/aromatic N) is 4. The predicted molar refractivity (Wildman–Crippen MR) is 102 cm³/mol. The highest BCUT2D eigenvalue weighted by atomic mass is 16.2. The number of likely N-dealkylation sites (N-methyl/N-ethyl adjacent to an activating group) is 1. The van der Waals surface area contributed by atoms with E-state index in [1.807, 2.05) is 49.1 Å². The Morgan fingerprint density at radius 2 is 1.65 bits per heavy atom. The van der Waals surface area contributed by atoms with Gasteiger partial charge in [-0.05, 0) is 58.4 Å². The highest BCUT2D eigenvalue weighted by Gasteiger charge is 2.36. The lowest BCUT2D eigenvalue weighted by Crippen LogP contribution is -2.39. The number of carbonyl (C=O) groups is 1. The molecule has 2 saturated heterocycles. The molecule has 1 aromatic carbocycles. The maximum absolute atomic E-state index is 13.0. The summed E-state index contributed by atoms with van der Waals surface area (Å²) in [5, 5.41) is 0. The molecule has 26 heavy (non-hydrogen) atoms. The lowest BCUT2D eigenvalue weighted by atomic mass is 10.1. The molecule has 2 bridgehead atoms. The molecule has 0 N–H and O–H groups in total. The van der Waals surface area contributed by atoms with Crippen LogP contribution in [0.4, 0.5) is 0 Å². The zero-order valence-corrected chi connectivity index (χ0v) is 15.8. The van der Waals surface area contributed by atoms with Crippen molar-refractivity contribution in [2.45, 2.75) is 45.2 Å². The molecule has 1 aromatic heterocycles. The van der Waals surface area contributed by atoms with Crippen LogP contribution in [0.25, 0.3) is 11.4 Å². The van der Waals surface area contributed by atoms with Crippen molar-refractivity contribution >= 4 is 5.91 Å². The molecule has 5 nitrogen and oxygen atoms in total. The van der Waals surface area contributed by atoms with E-state index in [-0.39, 0.29) is 5.91 Å². The van der Waals surface area contributed by atoms with Gasteiger partial charge in [-0.3, -0.25) is 9.69 Å². The van der Waals surface area contributed by atoms with E-state index >= 15 is 0 Å². The summed E-state index contributed by atoms with van der Waals surface area (Å²) in [5.41, 5.74) is 3.61. The number of carbonyl (C=O) groups excluding carboxylic acids is 1. The summed E-state index contributed by atoms with van der Waals surface area (Å²) in [6.45, 7) is 5.64. The fourth-order valence-corrected chi connectivity index (χ4v) is 4.29. The first-order valence-electron chi connectivity index (χ1n) is 9.45. The van der Waals surface area contributed by atoms with E-state index in [0.29, 0.717) is 12.1 Å². The van der Waals surface area contributed by atoms with Crippen molar-refractivity contribution in [3.8, 4) is 11.4 Å². The van der Waals surface area contributed by atoms with Crippen LogP contribution < -0.4 is 0 Å². The van der Waals surface area contributed by atoms with E-state index in [1.165, 1.54) is 12.8 Å². The van der Waals surface area contributed by atoms with Gasteiger partial charge in [0.25, 0.3) is 5.91 Å². The molecule has 0 spiro atoms. The molecule has 5 heteroatoms. The summed E-state index contributed by atoms with van der Waals surface area (Å²) in [6, 6.07) is 10.8. The van der Waals surface area contributed by atoms with E-state index in [0.717, 1.165) is 47.8 Å². The Balaban J connectivity index is 1.52. The van der Waals surface area contributed by atoms with Crippen molar-refractivity contribution in [2.24, 2.45) is 0 Å². The lowest BCUT2D eigenvalue weighted by molar-refractivity contribution is 0.0740. The van der Waals surface area contributed by atoms with Crippen LogP contribution in [0.2, 0.25) is 0 Å². The van der Waals surface area contributed by atoms with Crippen LogP contribution in [0, 0.1) is 13.8 Å². The Kier molecular flexibility index (Phi) is 4.49. The summed E-state index contributed by atoms with van der Waals surface area (Å²) in [5.74, 6) is 0.856. The van der Waals surface area contributed by atoms with E-state index < -0.39 is 0 Å². The second-order valence-electron chi connectivity index (χ2n) is 7.64. The van der Waals surface area contributed by atoms with Gasteiger partial charge in [0.1, 0.15) is 0 Å². The summed E-state index contributed by atoms with van der Waals surface area (Å²) in [7, 11) is 2.20. The molecule has 2 aliphatic rings. The van der Waals surface area contributed by atoms with E-state index in [9.17, 15) is 4.79 Å². The van der Waals surface area contributed by atoms with Gasteiger partial charge in [-0.25, -0.2) is 9.97 Å². The Bertz CT molecular complexity index is 797. The maximum atomic E-state index is 13.0. The van der Waals surface area contributed by atoms with Crippen molar-refractivity contribution in [3.05, 3.63) is 47.3 Å². The van der Waals surface area contributed by atoms with Gasteiger partial charge in [-0.1, -0.05) is 12.1 Å². The summed E-state index contributed by atoms with van der Waals surface area (Å²) < 4.78 is 0. The molecule has 3 heterocycles. The predicted octanol–water partition coefficient (Wildman–Crippen LogP) is 3.07. The number of fused-ring (bicyclic) bond motifs is 2. The Hall–Kier alpha value is -2.27. The molecule has 2 aromatic rings. The van der Waals surface area contributed by atoms with Crippen LogP contribution in [0.1, 0.15) is 41.0 Å². The Morgan fingerprint density at radius 3 is 2.35 bits per heavy atom. The SMILES string of the molecule is Cc1cc(C)nc(-c2ccc(C(=O)N3CC[C@H]4CC[C@@H](C3)N4C)cc2)n1. The Morgan fingerprint density at radius 1 is 1.00 bits per heavy atom. The topological polar surface area (TPSA) is 49.3 Å². The van der Waals surface area contributed by atoms with E-state index in [2.05, 4.69) is 21.9 Å². The van der Waals surface area contributed by atoms with Crippen molar-refractivity contribution in [1.29, 1.82) is 0 Å². The minimum Gasteiger partial charge on any atom is -0.337 e. The molecule has 4 rings (SSSR count). The van der Waals surface area contributed by atoms with Crippen molar-refractivity contribution in [2.75, 3.05) is 20.1 Å². The van der Waals surface area contributed by atoms with Gasteiger partial charge in [0.05, 0.1) is 0 Å². The number of aromatic nitrogens is 2. The Labute approximate surface area is 155 Å². The van der Waals surface area contributed by atoms with E-state index in [4.69, 9.17) is 0 Å². The van der Waals surface area contributed by atoms with E-state index in [1.54, 1.807) is 0 Å². The molecule has 2 aliphatic heterocycles. The zero-order valence-electron chi connectivity index (χ0n) is 15.8. The fraction of sp³-hybridized carbons (Fsp3) is 0.476. The first-order chi connectivity index (χ1) is 12.5.